The number of benzene rings is 1. The molecule has 2 rings (SSSR count). The molecule has 0 amide bonds. The van der Waals surface area contributed by atoms with Gasteiger partial charge in [-0.15, -0.1) is 0 Å². The van der Waals surface area contributed by atoms with Gasteiger partial charge in [0.15, 0.2) is 5.76 Å². The second-order valence-corrected chi connectivity index (χ2v) is 5.19. The smallest absolute Gasteiger partial charge is 0.167 e. The van der Waals surface area contributed by atoms with Gasteiger partial charge in [-0.3, -0.25) is 0 Å². The predicted molar refractivity (Wildman–Crippen MR) is 79.7 cm³/mol. The number of hydrogen-bond donors (Lipinski definition) is 1. The van der Waals surface area contributed by atoms with E-state index in [1.165, 1.54) is 0 Å². The molecule has 1 N–H and O–H groups in total. The van der Waals surface area contributed by atoms with Gasteiger partial charge in [-0.2, -0.15) is 0 Å². The Hall–Kier alpha value is -1.81. The summed E-state index contributed by atoms with van der Waals surface area (Å²) in [5, 5.41) is 7.27. The van der Waals surface area contributed by atoms with Gasteiger partial charge in [0.25, 0.3) is 0 Å². The van der Waals surface area contributed by atoms with E-state index < -0.39 is 0 Å². The maximum Gasteiger partial charge on any atom is 0.167 e. The van der Waals surface area contributed by atoms with Gasteiger partial charge in [-0.1, -0.05) is 25.9 Å². The maximum atomic E-state index is 5.66. The summed E-state index contributed by atoms with van der Waals surface area (Å²) in [6, 6.07) is 9.88. The van der Waals surface area contributed by atoms with E-state index in [1.807, 2.05) is 30.3 Å². The number of rotatable bonds is 7. The lowest BCUT2D eigenvalue weighted by Gasteiger charge is -2.08. The number of aromatic nitrogens is 1. The van der Waals surface area contributed by atoms with Gasteiger partial charge in [0.05, 0.1) is 12.3 Å². The minimum absolute atomic E-state index is 0.526. The van der Waals surface area contributed by atoms with Crippen LogP contribution in [-0.2, 0) is 6.54 Å². The van der Waals surface area contributed by atoms with E-state index in [2.05, 4.69) is 31.2 Å². The number of nitrogens with zero attached hydrogens (tertiary/aromatic N) is 1. The van der Waals surface area contributed by atoms with Crippen LogP contribution in [0, 0.1) is 5.92 Å². The summed E-state index contributed by atoms with van der Waals surface area (Å²) in [6.07, 6.45) is 0. The van der Waals surface area contributed by atoms with E-state index in [1.54, 1.807) is 0 Å². The van der Waals surface area contributed by atoms with Gasteiger partial charge in [-0.05, 0) is 36.7 Å². The first-order valence-electron chi connectivity index (χ1n) is 7.08. The Morgan fingerprint density at radius 1 is 1.25 bits per heavy atom. The zero-order chi connectivity index (χ0) is 14.4. The largest absolute Gasteiger partial charge is 0.493 e. The van der Waals surface area contributed by atoms with Crippen molar-refractivity contribution in [2.45, 2.75) is 27.3 Å². The molecule has 0 aliphatic heterocycles. The Morgan fingerprint density at radius 3 is 2.65 bits per heavy atom. The lowest BCUT2D eigenvalue weighted by Crippen LogP contribution is -2.11. The zero-order valence-electron chi connectivity index (χ0n) is 12.3. The summed E-state index contributed by atoms with van der Waals surface area (Å²) in [7, 11) is 0. The molecule has 0 saturated heterocycles. The monoisotopic (exact) mass is 274 g/mol. The molecule has 0 atom stereocenters. The molecule has 0 fully saturated rings. The molecule has 1 heterocycles. The van der Waals surface area contributed by atoms with Crippen molar-refractivity contribution in [3.8, 4) is 17.1 Å². The van der Waals surface area contributed by atoms with Crippen molar-refractivity contribution in [2.75, 3.05) is 13.2 Å². The summed E-state index contributed by atoms with van der Waals surface area (Å²) < 4.78 is 11.0. The van der Waals surface area contributed by atoms with Gasteiger partial charge >= 0.3 is 0 Å². The first-order valence-corrected chi connectivity index (χ1v) is 7.08. The third kappa shape index (κ3) is 4.10. The zero-order valence-corrected chi connectivity index (χ0v) is 12.3. The Bertz CT molecular complexity index is 518. The van der Waals surface area contributed by atoms with Crippen LogP contribution < -0.4 is 10.1 Å². The highest BCUT2D eigenvalue weighted by Crippen LogP contribution is 2.23. The summed E-state index contributed by atoms with van der Waals surface area (Å²) >= 11 is 0. The van der Waals surface area contributed by atoms with E-state index in [4.69, 9.17) is 9.26 Å². The molecular formula is C16H22N2O2. The molecule has 0 spiro atoms. The van der Waals surface area contributed by atoms with Gasteiger partial charge < -0.3 is 14.6 Å². The highest BCUT2D eigenvalue weighted by molar-refractivity contribution is 5.58. The molecule has 0 aliphatic carbocycles. The van der Waals surface area contributed by atoms with Crippen LogP contribution in [0.5, 0.6) is 5.75 Å². The average molecular weight is 274 g/mol. The molecule has 108 valence electrons. The van der Waals surface area contributed by atoms with Crippen molar-refractivity contribution < 1.29 is 9.26 Å². The highest BCUT2D eigenvalue weighted by atomic mass is 16.5. The van der Waals surface area contributed by atoms with E-state index in [9.17, 15) is 0 Å². The quantitative estimate of drug-likeness (QED) is 0.839. The first kappa shape index (κ1) is 14.6. The first-order chi connectivity index (χ1) is 9.69. The fourth-order valence-electron chi connectivity index (χ4n) is 1.76. The average Bonchev–Trinajstić information content (AvgIpc) is 2.92. The summed E-state index contributed by atoms with van der Waals surface area (Å²) in [5.74, 6) is 2.20. The van der Waals surface area contributed by atoms with Crippen LogP contribution in [0.2, 0.25) is 0 Å². The third-order valence-corrected chi connectivity index (χ3v) is 2.84. The van der Waals surface area contributed by atoms with Gasteiger partial charge in [0, 0.05) is 18.2 Å². The number of nitrogens with one attached hydrogen (secondary N) is 1. The van der Waals surface area contributed by atoms with Crippen LogP contribution in [0.3, 0.4) is 0 Å². The van der Waals surface area contributed by atoms with Gasteiger partial charge in [0.1, 0.15) is 5.75 Å². The third-order valence-electron chi connectivity index (χ3n) is 2.84. The molecule has 1 aromatic heterocycles. The fourth-order valence-corrected chi connectivity index (χ4v) is 1.76. The van der Waals surface area contributed by atoms with Gasteiger partial charge in [0.2, 0.25) is 0 Å². The molecule has 4 nitrogen and oxygen atoms in total. The van der Waals surface area contributed by atoms with Crippen LogP contribution in [0.4, 0.5) is 0 Å². The second kappa shape index (κ2) is 7.10. The standard InChI is InChI=1S/C16H22N2O2/c1-4-17-10-14-9-16(20-18-14)13-5-7-15(8-6-13)19-11-12(2)3/h5-9,12,17H,4,10-11H2,1-3H3. The van der Waals surface area contributed by atoms with Crippen molar-refractivity contribution >= 4 is 0 Å². The Balaban J connectivity index is 2.00. The molecule has 0 saturated carbocycles. The van der Waals surface area contributed by atoms with E-state index in [-0.39, 0.29) is 0 Å². The van der Waals surface area contributed by atoms with Crippen molar-refractivity contribution in [2.24, 2.45) is 5.92 Å². The molecule has 0 radical (unpaired) electrons. The molecule has 4 heteroatoms. The molecule has 20 heavy (non-hydrogen) atoms. The minimum atomic E-state index is 0.526. The minimum Gasteiger partial charge on any atom is -0.493 e. The molecule has 0 aliphatic rings. The number of hydrogen-bond acceptors (Lipinski definition) is 4. The van der Waals surface area contributed by atoms with Crippen molar-refractivity contribution in [1.29, 1.82) is 0 Å². The van der Waals surface area contributed by atoms with Crippen molar-refractivity contribution in [1.82, 2.24) is 10.5 Å². The second-order valence-electron chi connectivity index (χ2n) is 5.19. The molecule has 2 aromatic rings. The summed E-state index contributed by atoms with van der Waals surface area (Å²) in [4.78, 5) is 0. The molecule has 1 aromatic carbocycles. The summed E-state index contributed by atoms with van der Waals surface area (Å²) in [6.45, 7) is 8.72. The maximum absolute atomic E-state index is 5.66. The van der Waals surface area contributed by atoms with Crippen LogP contribution in [0.25, 0.3) is 11.3 Å². The van der Waals surface area contributed by atoms with Crippen molar-refractivity contribution in [3.63, 3.8) is 0 Å². The molecule has 0 bridgehead atoms. The van der Waals surface area contributed by atoms with Crippen LogP contribution >= 0.6 is 0 Å². The van der Waals surface area contributed by atoms with Crippen LogP contribution in [-0.4, -0.2) is 18.3 Å². The Labute approximate surface area is 120 Å². The van der Waals surface area contributed by atoms with E-state index in [0.29, 0.717) is 5.92 Å². The Kier molecular flexibility index (Phi) is 5.18. The lowest BCUT2D eigenvalue weighted by molar-refractivity contribution is 0.271. The molecular weight excluding hydrogens is 252 g/mol. The SMILES string of the molecule is CCNCc1cc(-c2ccc(OCC(C)C)cc2)on1. The van der Waals surface area contributed by atoms with Crippen LogP contribution in [0.1, 0.15) is 26.5 Å². The van der Waals surface area contributed by atoms with Crippen molar-refractivity contribution in [3.05, 3.63) is 36.0 Å². The highest BCUT2D eigenvalue weighted by Gasteiger charge is 2.06. The fraction of sp³-hybridized carbons (Fsp3) is 0.438. The topological polar surface area (TPSA) is 47.3 Å². The lowest BCUT2D eigenvalue weighted by atomic mass is 10.1. The van der Waals surface area contributed by atoms with Gasteiger partial charge in [-0.25, -0.2) is 0 Å². The predicted octanol–water partition coefficient (Wildman–Crippen LogP) is 3.49. The number of ether oxygens (including phenoxy) is 1. The van der Waals surface area contributed by atoms with E-state index in [0.717, 1.165) is 42.5 Å². The Morgan fingerprint density at radius 2 is 2.00 bits per heavy atom. The summed E-state index contributed by atoms with van der Waals surface area (Å²) in [5.41, 5.74) is 1.93. The van der Waals surface area contributed by atoms with Crippen LogP contribution in [0.15, 0.2) is 34.9 Å². The van der Waals surface area contributed by atoms with E-state index >= 15 is 0 Å². The normalized spacial score (nSPS) is 11.0. The molecule has 0 unspecified atom stereocenters.